The summed E-state index contributed by atoms with van der Waals surface area (Å²) in [5.74, 6) is -0.451. The van der Waals surface area contributed by atoms with Gasteiger partial charge in [-0.25, -0.2) is 8.78 Å². The van der Waals surface area contributed by atoms with Crippen LogP contribution in [0.2, 0.25) is 0 Å². The van der Waals surface area contributed by atoms with E-state index in [1.165, 1.54) is 18.2 Å². The Morgan fingerprint density at radius 1 is 1.00 bits per heavy atom. The molecule has 0 radical (unpaired) electrons. The van der Waals surface area contributed by atoms with Gasteiger partial charge < -0.3 is 10.6 Å². The molecule has 2 rings (SSSR count). The molecule has 0 aliphatic heterocycles. The van der Waals surface area contributed by atoms with E-state index in [-0.39, 0.29) is 36.0 Å². The molecule has 0 amide bonds. The van der Waals surface area contributed by atoms with E-state index in [2.05, 4.69) is 20.6 Å². The van der Waals surface area contributed by atoms with Crippen LogP contribution in [0.15, 0.2) is 47.6 Å². The van der Waals surface area contributed by atoms with E-state index < -0.39 is 11.6 Å². The smallest absolute Gasteiger partial charge is 0.190 e. The molecule has 130 valence electrons. The fourth-order valence-corrected chi connectivity index (χ4v) is 2.15. The van der Waals surface area contributed by atoms with E-state index in [1.807, 2.05) is 18.2 Å². The summed E-state index contributed by atoms with van der Waals surface area (Å²) in [7, 11) is 1.65. The maximum absolute atomic E-state index is 13.5. The number of rotatable bonds is 6. The van der Waals surface area contributed by atoms with E-state index in [0.717, 1.165) is 12.1 Å². The van der Waals surface area contributed by atoms with Gasteiger partial charge >= 0.3 is 0 Å². The molecule has 0 spiro atoms. The molecule has 4 nitrogen and oxygen atoms in total. The van der Waals surface area contributed by atoms with Crippen LogP contribution in [-0.2, 0) is 12.8 Å². The topological polar surface area (TPSA) is 49.3 Å². The maximum atomic E-state index is 13.5. The highest BCUT2D eigenvalue weighted by Crippen LogP contribution is 2.11. The predicted molar refractivity (Wildman–Crippen MR) is 103 cm³/mol. The molecule has 2 N–H and O–H groups in total. The second-order valence-corrected chi connectivity index (χ2v) is 4.95. The van der Waals surface area contributed by atoms with Crippen molar-refractivity contribution in [2.45, 2.75) is 12.8 Å². The largest absolute Gasteiger partial charge is 0.356 e. The molecule has 7 heteroatoms. The van der Waals surface area contributed by atoms with Gasteiger partial charge in [0.2, 0.25) is 0 Å². The van der Waals surface area contributed by atoms with Crippen LogP contribution in [0.5, 0.6) is 0 Å². The lowest BCUT2D eigenvalue weighted by Gasteiger charge is -2.12. The summed E-state index contributed by atoms with van der Waals surface area (Å²) in [4.78, 5) is 8.32. The van der Waals surface area contributed by atoms with Crippen LogP contribution in [0.4, 0.5) is 8.78 Å². The van der Waals surface area contributed by atoms with Crippen molar-refractivity contribution in [1.82, 2.24) is 15.6 Å². The second kappa shape index (κ2) is 10.9. The fraction of sp³-hybridized carbons (Fsp3) is 0.294. The number of nitrogens with zero attached hydrogens (tertiary/aromatic N) is 2. The van der Waals surface area contributed by atoms with Gasteiger partial charge in [0.25, 0.3) is 0 Å². The van der Waals surface area contributed by atoms with Crippen LogP contribution in [-0.4, -0.2) is 31.1 Å². The van der Waals surface area contributed by atoms with Gasteiger partial charge in [-0.15, -0.1) is 24.0 Å². The van der Waals surface area contributed by atoms with E-state index in [1.54, 1.807) is 13.2 Å². The molecule has 2 aromatic rings. The Bertz CT molecular complexity index is 630. The van der Waals surface area contributed by atoms with Crippen molar-refractivity contribution < 1.29 is 8.78 Å². The van der Waals surface area contributed by atoms with E-state index in [9.17, 15) is 8.78 Å². The molecule has 1 heterocycles. The molecule has 1 aromatic carbocycles. The summed E-state index contributed by atoms with van der Waals surface area (Å²) in [6.45, 7) is 1.06. The fourth-order valence-electron chi connectivity index (χ4n) is 2.15. The highest BCUT2D eigenvalue weighted by molar-refractivity contribution is 14.0. The van der Waals surface area contributed by atoms with Gasteiger partial charge in [-0.1, -0.05) is 12.1 Å². The molecule has 1 aromatic heterocycles. The molecule has 0 saturated carbocycles. The Morgan fingerprint density at radius 2 is 1.67 bits per heavy atom. The number of aliphatic imine (C=N–C) groups is 1. The third kappa shape index (κ3) is 6.38. The molecular formula is C17H21F2IN4. The lowest BCUT2D eigenvalue weighted by Crippen LogP contribution is -2.39. The van der Waals surface area contributed by atoms with Crippen LogP contribution < -0.4 is 10.6 Å². The van der Waals surface area contributed by atoms with Gasteiger partial charge in [0.05, 0.1) is 0 Å². The van der Waals surface area contributed by atoms with E-state index in [0.29, 0.717) is 19.0 Å². The van der Waals surface area contributed by atoms with Gasteiger partial charge in [0, 0.05) is 44.0 Å². The Hall–Kier alpha value is -1.77. The minimum absolute atomic E-state index is 0. The van der Waals surface area contributed by atoms with Crippen molar-refractivity contribution in [2.75, 3.05) is 20.1 Å². The summed E-state index contributed by atoms with van der Waals surface area (Å²) in [6.07, 6.45) is 2.77. The van der Waals surface area contributed by atoms with E-state index >= 15 is 0 Å². The Balaban J connectivity index is 0.00000288. The van der Waals surface area contributed by atoms with Gasteiger partial charge in [0.15, 0.2) is 5.96 Å². The Kier molecular flexibility index (Phi) is 9.21. The number of pyridine rings is 1. The average Bonchev–Trinajstić information content (AvgIpc) is 2.57. The number of hydrogen-bond donors (Lipinski definition) is 2. The van der Waals surface area contributed by atoms with Gasteiger partial charge in [0.1, 0.15) is 11.6 Å². The summed E-state index contributed by atoms with van der Waals surface area (Å²) < 4.78 is 27.1. The van der Waals surface area contributed by atoms with Crippen molar-refractivity contribution in [3.8, 4) is 0 Å². The second-order valence-electron chi connectivity index (χ2n) is 4.95. The predicted octanol–water partition coefficient (Wildman–Crippen LogP) is 2.93. The zero-order valence-electron chi connectivity index (χ0n) is 13.4. The number of benzene rings is 1. The van der Waals surface area contributed by atoms with Gasteiger partial charge in [-0.3, -0.25) is 9.98 Å². The average molecular weight is 446 g/mol. The zero-order valence-corrected chi connectivity index (χ0v) is 15.8. The lowest BCUT2D eigenvalue weighted by atomic mass is 10.1. The van der Waals surface area contributed by atoms with Crippen molar-refractivity contribution in [3.63, 3.8) is 0 Å². The molecule has 0 saturated heterocycles. The molecule has 0 fully saturated rings. The Labute approximate surface area is 157 Å². The highest BCUT2D eigenvalue weighted by atomic mass is 127. The van der Waals surface area contributed by atoms with Crippen LogP contribution in [0.25, 0.3) is 0 Å². The quantitative estimate of drug-likeness (QED) is 0.408. The molecule has 0 unspecified atom stereocenters. The maximum Gasteiger partial charge on any atom is 0.190 e. The van der Waals surface area contributed by atoms with Crippen LogP contribution in [0.1, 0.15) is 11.3 Å². The monoisotopic (exact) mass is 446 g/mol. The normalized spacial score (nSPS) is 10.9. The van der Waals surface area contributed by atoms with E-state index in [4.69, 9.17) is 0 Å². The lowest BCUT2D eigenvalue weighted by molar-refractivity contribution is 0.553. The first-order valence-corrected chi connectivity index (χ1v) is 7.48. The van der Waals surface area contributed by atoms with Crippen molar-refractivity contribution in [3.05, 3.63) is 65.5 Å². The molecule has 24 heavy (non-hydrogen) atoms. The highest BCUT2D eigenvalue weighted by Gasteiger charge is 2.08. The summed E-state index contributed by atoms with van der Waals surface area (Å²) in [6, 6.07) is 9.66. The third-order valence-electron chi connectivity index (χ3n) is 3.35. The number of halogens is 3. The van der Waals surface area contributed by atoms with Crippen molar-refractivity contribution in [2.24, 2.45) is 4.99 Å². The van der Waals surface area contributed by atoms with Crippen LogP contribution >= 0.6 is 24.0 Å². The Morgan fingerprint density at radius 3 is 2.25 bits per heavy atom. The standard InChI is InChI=1S/C17H20F2N4.HI/c1-20-17(22-11-8-13-5-2-3-10-21-13)23-12-9-14-15(18)6-4-7-16(14)19;/h2-7,10H,8-9,11-12H2,1H3,(H2,20,22,23);1H. The molecule has 0 aliphatic carbocycles. The van der Waals surface area contributed by atoms with Crippen LogP contribution in [0.3, 0.4) is 0 Å². The summed E-state index contributed by atoms with van der Waals surface area (Å²) >= 11 is 0. The summed E-state index contributed by atoms with van der Waals surface area (Å²) in [5.41, 5.74) is 1.08. The zero-order chi connectivity index (χ0) is 16.5. The van der Waals surface area contributed by atoms with Crippen molar-refractivity contribution in [1.29, 1.82) is 0 Å². The minimum atomic E-state index is -0.523. The SMILES string of the molecule is CN=C(NCCc1ccccn1)NCCc1c(F)cccc1F.I. The first-order valence-electron chi connectivity index (χ1n) is 7.48. The van der Waals surface area contributed by atoms with Crippen LogP contribution in [0, 0.1) is 11.6 Å². The molecule has 0 aliphatic rings. The molecule has 0 atom stereocenters. The van der Waals surface area contributed by atoms with Gasteiger partial charge in [-0.05, 0) is 30.7 Å². The third-order valence-corrected chi connectivity index (χ3v) is 3.35. The number of guanidine groups is 1. The minimum Gasteiger partial charge on any atom is -0.356 e. The van der Waals surface area contributed by atoms with Gasteiger partial charge in [-0.2, -0.15) is 0 Å². The number of aromatic nitrogens is 1. The molecular weight excluding hydrogens is 425 g/mol. The first-order chi connectivity index (χ1) is 11.2. The number of hydrogen-bond acceptors (Lipinski definition) is 2. The first kappa shape index (κ1) is 20.3. The number of nitrogens with one attached hydrogen (secondary N) is 2. The van der Waals surface area contributed by atoms with Crippen molar-refractivity contribution >= 4 is 29.9 Å². The summed E-state index contributed by atoms with van der Waals surface area (Å²) in [5, 5.41) is 6.19. The molecule has 0 bridgehead atoms.